The number of carbonyl (C=O) groups excluding carboxylic acids is 1. The van der Waals surface area contributed by atoms with Crippen molar-refractivity contribution in [3.63, 3.8) is 0 Å². The van der Waals surface area contributed by atoms with Crippen molar-refractivity contribution in [3.05, 3.63) is 12.7 Å². The average Bonchev–Trinajstić information content (AvgIpc) is 2.75. The summed E-state index contributed by atoms with van der Waals surface area (Å²) in [5.41, 5.74) is 0. The highest BCUT2D eigenvalue weighted by atomic mass is 16.4. The first-order chi connectivity index (χ1) is 9.61. The van der Waals surface area contributed by atoms with Crippen molar-refractivity contribution in [1.82, 2.24) is 15.1 Å². The minimum absolute atomic E-state index is 0.241. The molecule has 0 aromatic carbocycles. The molecule has 2 N–H and O–H groups in total. The standard InChI is InChI=1S/C14H23N3O3/c1-2-5-12(13(18)19)15-14(20)17-9-4-8-16-7-3-6-11(16)10-17/h2,11-12H,1,3-10H2,(H,15,20)(H,18,19). The summed E-state index contributed by atoms with van der Waals surface area (Å²) in [5, 5.41) is 11.7. The lowest BCUT2D eigenvalue weighted by Crippen LogP contribution is -2.50. The molecule has 2 saturated heterocycles. The van der Waals surface area contributed by atoms with Gasteiger partial charge in [-0.1, -0.05) is 6.08 Å². The minimum Gasteiger partial charge on any atom is -0.480 e. The quantitative estimate of drug-likeness (QED) is 0.751. The van der Waals surface area contributed by atoms with Gasteiger partial charge in [-0.25, -0.2) is 9.59 Å². The first-order valence-corrected chi connectivity index (χ1v) is 7.25. The van der Waals surface area contributed by atoms with E-state index in [9.17, 15) is 9.59 Å². The second kappa shape index (κ2) is 6.74. The van der Waals surface area contributed by atoms with Crippen LogP contribution in [0.1, 0.15) is 25.7 Å². The molecule has 2 heterocycles. The summed E-state index contributed by atoms with van der Waals surface area (Å²) in [6.07, 6.45) is 5.01. The Bertz CT molecular complexity index is 386. The highest BCUT2D eigenvalue weighted by Gasteiger charge is 2.31. The number of carboxylic acid groups (broad SMARTS) is 1. The number of hydrogen-bond donors (Lipinski definition) is 2. The van der Waals surface area contributed by atoms with Crippen LogP contribution in [0, 0.1) is 0 Å². The molecule has 20 heavy (non-hydrogen) atoms. The van der Waals surface area contributed by atoms with Gasteiger partial charge in [0.15, 0.2) is 0 Å². The third-order valence-electron chi connectivity index (χ3n) is 4.09. The molecule has 0 bridgehead atoms. The van der Waals surface area contributed by atoms with Crippen LogP contribution in [0.4, 0.5) is 4.79 Å². The molecule has 2 rings (SSSR count). The zero-order valence-electron chi connectivity index (χ0n) is 11.8. The van der Waals surface area contributed by atoms with Gasteiger partial charge in [-0.3, -0.25) is 4.90 Å². The molecular weight excluding hydrogens is 258 g/mol. The van der Waals surface area contributed by atoms with E-state index in [0.29, 0.717) is 19.1 Å². The molecule has 112 valence electrons. The fourth-order valence-corrected chi connectivity index (χ4v) is 3.02. The summed E-state index contributed by atoms with van der Waals surface area (Å²) in [4.78, 5) is 27.5. The van der Waals surface area contributed by atoms with Crippen molar-refractivity contribution in [3.8, 4) is 0 Å². The SMILES string of the molecule is C=CCC(NC(=O)N1CCCN2CCCC2C1)C(=O)O. The third kappa shape index (κ3) is 3.50. The van der Waals surface area contributed by atoms with Gasteiger partial charge in [-0.15, -0.1) is 6.58 Å². The van der Waals surface area contributed by atoms with Gasteiger partial charge >= 0.3 is 12.0 Å². The number of hydrogen-bond acceptors (Lipinski definition) is 3. The number of nitrogens with zero attached hydrogens (tertiary/aromatic N) is 2. The number of carboxylic acids is 1. The number of fused-ring (bicyclic) bond motifs is 1. The fourth-order valence-electron chi connectivity index (χ4n) is 3.02. The Balaban J connectivity index is 1.93. The van der Waals surface area contributed by atoms with E-state index in [2.05, 4.69) is 16.8 Å². The molecule has 0 aromatic rings. The van der Waals surface area contributed by atoms with Crippen LogP contribution in [0.3, 0.4) is 0 Å². The predicted octanol–water partition coefficient (Wildman–Crippen LogP) is 0.895. The van der Waals surface area contributed by atoms with Crippen molar-refractivity contribution >= 4 is 12.0 Å². The van der Waals surface area contributed by atoms with Crippen molar-refractivity contribution in [1.29, 1.82) is 0 Å². The van der Waals surface area contributed by atoms with E-state index in [-0.39, 0.29) is 12.5 Å². The Morgan fingerprint density at radius 3 is 2.80 bits per heavy atom. The van der Waals surface area contributed by atoms with Crippen LogP contribution in [-0.4, -0.2) is 65.2 Å². The molecule has 0 aliphatic carbocycles. The van der Waals surface area contributed by atoms with E-state index in [0.717, 1.165) is 25.9 Å². The summed E-state index contributed by atoms with van der Waals surface area (Å²) >= 11 is 0. The van der Waals surface area contributed by atoms with E-state index in [4.69, 9.17) is 5.11 Å². The summed E-state index contributed by atoms with van der Waals surface area (Å²) in [7, 11) is 0. The maximum absolute atomic E-state index is 12.2. The molecule has 0 saturated carbocycles. The second-order valence-electron chi connectivity index (χ2n) is 5.50. The van der Waals surface area contributed by atoms with E-state index in [1.54, 1.807) is 4.90 Å². The zero-order chi connectivity index (χ0) is 14.5. The number of carbonyl (C=O) groups is 2. The number of amides is 2. The Morgan fingerprint density at radius 2 is 2.10 bits per heavy atom. The molecule has 6 nitrogen and oxygen atoms in total. The fraction of sp³-hybridized carbons (Fsp3) is 0.714. The Morgan fingerprint density at radius 1 is 1.35 bits per heavy atom. The Hall–Kier alpha value is -1.56. The molecular formula is C14H23N3O3. The maximum atomic E-state index is 12.2. The van der Waals surface area contributed by atoms with Gasteiger partial charge in [0, 0.05) is 25.7 Å². The molecule has 2 amide bonds. The van der Waals surface area contributed by atoms with Gasteiger partial charge in [-0.2, -0.15) is 0 Å². The van der Waals surface area contributed by atoms with E-state index in [1.165, 1.54) is 12.5 Å². The van der Waals surface area contributed by atoms with Crippen molar-refractivity contribution < 1.29 is 14.7 Å². The van der Waals surface area contributed by atoms with Gasteiger partial charge in [0.1, 0.15) is 6.04 Å². The van der Waals surface area contributed by atoms with Gasteiger partial charge in [0.25, 0.3) is 0 Å². The molecule has 0 radical (unpaired) electrons. The number of rotatable bonds is 4. The number of aliphatic carboxylic acids is 1. The number of nitrogens with one attached hydrogen (secondary N) is 1. The van der Waals surface area contributed by atoms with Gasteiger partial charge in [0.05, 0.1) is 0 Å². The first-order valence-electron chi connectivity index (χ1n) is 7.25. The second-order valence-corrected chi connectivity index (χ2v) is 5.50. The van der Waals surface area contributed by atoms with Crippen LogP contribution >= 0.6 is 0 Å². The molecule has 2 atom stereocenters. The van der Waals surface area contributed by atoms with Crippen molar-refractivity contribution in [2.75, 3.05) is 26.2 Å². The lowest BCUT2D eigenvalue weighted by molar-refractivity contribution is -0.139. The van der Waals surface area contributed by atoms with Crippen molar-refractivity contribution in [2.24, 2.45) is 0 Å². The smallest absolute Gasteiger partial charge is 0.326 e. The van der Waals surface area contributed by atoms with Crippen LogP contribution in [-0.2, 0) is 4.79 Å². The molecule has 0 aromatic heterocycles. The highest BCUT2D eigenvalue weighted by molar-refractivity contribution is 5.82. The minimum atomic E-state index is -1.02. The van der Waals surface area contributed by atoms with Crippen LogP contribution in [0.25, 0.3) is 0 Å². The van der Waals surface area contributed by atoms with Crippen LogP contribution in [0.15, 0.2) is 12.7 Å². The van der Waals surface area contributed by atoms with Gasteiger partial charge in [-0.05, 0) is 32.2 Å². The normalized spacial score (nSPS) is 24.6. The Labute approximate surface area is 119 Å². The molecule has 0 spiro atoms. The van der Waals surface area contributed by atoms with E-state index < -0.39 is 12.0 Å². The maximum Gasteiger partial charge on any atom is 0.326 e. The average molecular weight is 281 g/mol. The topological polar surface area (TPSA) is 72.9 Å². The summed E-state index contributed by atoms with van der Waals surface area (Å²) in [5.74, 6) is -1.02. The molecule has 2 unspecified atom stereocenters. The van der Waals surface area contributed by atoms with Gasteiger partial charge in [0.2, 0.25) is 0 Å². The lowest BCUT2D eigenvalue weighted by atomic mass is 10.2. The Kier molecular flexibility index (Phi) is 5.00. The molecule has 2 aliphatic rings. The predicted molar refractivity (Wildman–Crippen MR) is 75.6 cm³/mol. The molecule has 2 aliphatic heterocycles. The molecule has 6 heteroatoms. The van der Waals surface area contributed by atoms with Gasteiger partial charge < -0.3 is 15.3 Å². The van der Waals surface area contributed by atoms with Crippen LogP contribution in [0.2, 0.25) is 0 Å². The first kappa shape index (κ1) is 14.8. The summed E-state index contributed by atoms with van der Waals surface area (Å²) < 4.78 is 0. The summed E-state index contributed by atoms with van der Waals surface area (Å²) in [6.45, 7) is 7.07. The largest absolute Gasteiger partial charge is 0.480 e. The summed E-state index contributed by atoms with van der Waals surface area (Å²) in [6, 6.07) is -0.720. The monoisotopic (exact) mass is 281 g/mol. The zero-order valence-corrected chi connectivity index (χ0v) is 11.8. The lowest BCUT2D eigenvalue weighted by Gasteiger charge is -2.27. The third-order valence-corrected chi connectivity index (χ3v) is 4.09. The highest BCUT2D eigenvalue weighted by Crippen LogP contribution is 2.21. The van der Waals surface area contributed by atoms with Crippen LogP contribution in [0.5, 0.6) is 0 Å². The number of urea groups is 1. The van der Waals surface area contributed by atoms with Crippen LogP contribution < -0.4 is 5.32 Å². The van der Waals surface area contributed by atoms with E-state index >= 15 is 0 Å². The molecule has 2 fully saturated rings. The van der Waals surface area contributed by atoms with Crippen molar-refractivity contribution in [2.45, 2.75) is 37.8 Å². The van der Waals surface area contributed by atoms with E-state index in [1.807, 2.05) is 0 Å².